The van der Waals surface area contributed by atoms with E-state index in [9.17, 15) is 4.79 Å². The third-order valence-electron chi connectivity index (χ3n) is 2.74. The van der Waals surface area contributed by atoms with E-state index >= 15 is 0 Å². The summed E-state index contributed by atoms with van der Waals surface area (Å²) >= 11 is 1.57. The zero-order valence-corrected chi connectivity index (χ0v) is 12.1. The van der Waals surface area contributed by atoms with E-state index in [2.05, 4.69) is 10.3 Å². The van der Waals surface area contributed by atoms with E-state index in [4.69, 9.17) is 5.73 Å². The maximum Gasteiger partial charge on any atom is 0.225 e. The van der Waals surface area contributed by atoms with Crippen LogP contribution in [0.2, 0.25) is 0 Å². The lowest BCUT2D eigenvalue weighted by atomic mass is 10.2. The first kappa shape index (κ1) is 14.4. The molecule has 0 radical (unpaired) electrons. The molecule has 0 fully saturated rings. The first-order valence-electron chi connectivity index (χ1n) is 6.35. The summed E-state index contributed by atoms with van der Waals surface area (Å²) in [6.07, 6.45) is 2.20. The van der Waals surface area contributed by atoms with Crippen LogP contribution in [0.1, 0.15) is 12.0 Å². The molecule has 0 aliphatic heterocycles. The summed E-state index contributed by atoms with van der Waals surface area (Å²) in [6.45, 7) is 1.93. The van der Waals surface area contributed by atoms with Crippen molar-refractivity contribution in [1.82, 2.24) is 4.98 Å². The van der Waals surface area contributed by atoms with Crippen molar-refractivity contribution in [1.29, 1.82) is 0 Å². The third kappa shape index (κ3) is 4.28. The Kier molecular flexibility index (Phi) is 5.01. The van der Waals surface area contributed by atoms with Crippen LogP contribution in [0.5, 0.6) is 0 Å². The summed E-state index contributed by atoms with van der Waals surface area (Å²) in [7, 11) is 0. The van der Waals surface area contributed by atoms with Gasteiger partial charge in [-0.15, -0.1) is 11.8 Å². The number of nitrogens with zero attached hydrogens (tertiary/aromatic N) is 1. The standard InChI is InChI=1S/C15H17N3OS/c1-11-10-12(16)5-6-13(11)18-14(19)7-9-20-15-4-2-3-8-17-15/h2-6,8,10H,7,9,16H2,1H3,(H,18,19). The molecule has 1 heterocycles. The molecule has 0 saturated carbocycles. The molecule has 5 heteroatoms. The highest BCUT2D eigenvalue weighted by molar-refractivity contribution is 7.99. The summed E-state index contributed by atoms with van der Waals surface area (Å²) < 4.78 is 0. The molecule has 2 aromatic rings. The number of aryl methyl sites for hydroxylation is 1. The van der Waals surface area contributed by atoms with Gasteiger partial charge in [0.15, 0.2) is 0 Å². The lowest BCUT2D eigenvalue weighted by Gasteiger charge is -2.08. The molecule has 3 N–H and O–H groups in total. The highest BCUT2D eigenvalue weighted by Crippen LogP contribution is 2.19. The van der Waals surface area contributed by atoms with Crippen LogP contribution in [-0.4, -0.2) is 16.6 Å². The van der Waals surface area contributed by atoms with Gasteiger partial charge in [0, 0.05) is 29.7 Å². The maximum atomic E-state index is 11.9. The number of carbonyl (C=O) groups excluding carboxylic acids is 1. The van der Waals surface area contributed by atoms with Crippen LogP contribution in [0, 0.1) is 6.92 Å². The second-order valence-electron chi connectivity index (χ2n) is 4.39. The van der Waals surface area contributed by atoms with Gasteiger partial charge in [-0.1, -0.05) is 6.07 Å². The molecule has 0 aliphatic carbocycles. The number of nitrogens with two attached hydrogens (primary N) is 1. The predicted molar refractivity (Wildman–Crippen MR) is 83.8 cm³/mol. The topological polar surface area (TPSA) is 68.0 Å². The van der Waals surface area contributed by atoms with Gasteiger partial charge in [0.25, 0.3) is 0 Å². The molecule has 4 nitrogen and oxygen atoms in total. The number of hydrogen-bond acceptors (Lipinski definition) is 4. The van der Waals surface area contributed by atoms with Crippen LogP contribution in [0.25, 0.3) is 0 Å². The number of hydrogen-bond donors (Lipinski definition) is 2. The molecule has 1 aromatic heterocycles. The van der Waals surface area contributed by atoms with Crippen molar-refractivity contribution in [2.24, 2.45) is 0 Å². The zero-order valence-electron chi connectivity index (χ0n) is 11.3. The lowest BCUT2D eigenvalue weighted by molar-refractivity contribution is -0.115. The number of thioether (sulfide) groups is 1. The predicted octanol–water partition coefficient (Wildman–Crippen LogP) is 3.09. The van der Waals surface area contributed by atoms with Gasteiger partial charge in [0.05, 0.1) is 5.03 Å². The highest BCUT2D eigenvalue weighted by Gasteiger charge is 2.05. The number of anilines is 2. The molecular weight excluding hydrogens is 270 g/mol. The lowest BCUT2D eigenvalue weighted by Crippen LogP contribution is -2.13. The van der Waals surface area contributed by atoms with Crippen molar-refractivity contribution < 1.29 is 4.79 Å². The van der Waals surface area contributed by atoms with E-state index < -0.39 is 0 Å². The minimum atomic E-state index is 0.00121. The number of aromatic nitrogens is 1. The SMILES string of the molecule is Cc1cc(N)ccc1NC(=O)CCSc1ccccn1. The summed E-state index contributed by atoms with van der Waals surface area (Å²) in [5.41, 5.74) is 8.16. The van der Waals surface area contributed by atoms with Crippen LogP contribution in [0.3, 0.4) is 0 Å². The zero-order chi connectivity index (χ0) is 14.4. The molecule has 104 valence electrons. The smallest absolute Gasteiger partial charge is 0.225 e. The van der Waals surface area contributed by atoms with Gasteiger partial charge in [0.2, 0.25) is 5.91 Å². The minimum absolute atomic E-state index is 0.00121. The van der Waals surface area contributed by atoms with Gasteiger partial charge in [-0.05, 0) is 42.8 Å². The number of amides is 1. The molecule has 0 atom stereocenters. The second kappa shape index (κ2) is 6.96. The molecule has 0 unspecified atom stereocenters. The van der Waals surface area contributed by atoms with Gasteiger partial charge in [0.1, 0.15) is 0 Å². The van der Waals surface area contributed by atoms with Gasteiger partial charge in [-0.2, -0.15) is 0 Å². The summed E-state index contributed by atoms with van der Waals surface area (Å²) in [6, 6.07) is 11.2. The summed E-state index contributed by atoms with van der Waals surface area (Å²) in [5, 5.41) is 3.83. The van der Waals surface area contributed by atoms with Crippen molar-refractivity contribution >= 4 is 29.0 Å². The number of nitrogens with one attached hydrogen (secondary N) is 1. The molecule has 2 rings (SSSR count). The largest absolute Gasteiger partial charge is 0.399 e. The Bertz CT molecular complexity index is 587. The molecule has 0 saturated heterocycles. The molecule has 20 heavy (non-hydrogen) atoms. The van der Waals surface area contributed by atoms with Crippen LogP contribution in [-0.2, 0) is 4.79 Å². The Morgan fingerprint density at radius 2 is 2.20 bits per heavy atom. The van der Waals surface area contributed by atoms with E-state index in [1.807, 2.05) is 37.3 Å². The minimum Gasteiger partial charge on any atom is -0.399 e. The quantitative estimate of drug-likeness (QED) is 0.655. The number of carbonyl (C=O) groups is 1. The number of rotatable bonds is 5. The first-order valence-corrected chi connectivity index (χ1v) is 7.33. The Morgan fingerprint density at radius 3 is 2.90 bits per heavy atom. The highest BCUT2D eigenvalue weighted by atomic mass is 32.2. The average molecular weight is 287 g/mol. The van der Waals surface area contributed by atoms with Crippen molar-refractivity contribution in [3.63, 3.8) is 0 Å². The monoisotopic (exact) mass is 287 g/mol. The van der Waals surface area contributed by atoms with E-state index in [0.29, 0.717) is 17.9 Å². The van der Waals surface area contributed by atoms with Crippen LogP contribution in [0.15, 0.2) is 47.6 Å². The van der Waals surface area contributed by atoms with E-state index in [1.165, 1.54) is 0 Å². The van der Waals surface area contributed by atoms with Gasteiger partial charge >= 0.3 is 0 Å². The van der Waals surface area contributed by atoms with Crippen molar-refractivity contribution in [2.75, 3.05) is 16.8 Å². The van der Waals surface area contributed by atoms with Crippen LogP contribution in [0.4, 0.5) is 11.4 Å². The van der Waals surface area contributed by atoms with Crippen LogP contribution >= 0.6 is 11.8 Å². The normalized spacial score (nSPS) is 10.2. The van der Waals surface area contributed by atoms with Crippen molar-refractivity contribution in [3.8, 4) is 0 Å². The molecule has 1 amide bonds. The van der Waals surface area contributed by atoms with Gasteiger partial charge in [-0.3, -0.25) is 4.79 Å². The number of benzene rings is 1. The van der Waals surface area contributed by atoms with Crippen molar-refractivity contribution in [2.45, 2.75) is 18.4 Å². The molecular formula is C15H17N3OS. The first-order chi connectivity index (χ1) is 9.65. The average Bonchev–Trinajstić information content (AvgIpc) is 2.43. The molecule has 0 spiro atoms. The Morgan fingerprint density at radius 1 is 1.35 bits per heavy atom. The van der Waals surface area contributed by atoms with Crippen LogP contribution < -0.4 is 11.1 Å². The van der Waals surface area contributed by atoms with E-state index in [1.54, 1.807) is 24.0 Å². The number of nitrogen functional groups attached to an aromatic ring is 1. The molecule has 0 bridgehead atoms. The Hall–Kier alpha value is -2.01. The van der Waals surface area contributed by atoms with E-state index in [0.717, 1.165) is 16.3 Å². The van der Waals surface area contributed by atoms with Crippen molar-refractivity contribution in [3.05, 3.63) is 48.2 Å². The summed E-state index contributed by atoms with van der Waals surface area (Å²) in [5.74, 6) is 0.706. The Balaban J connectivity index is 1.81. The molecule has 0 aliphatic rings. The third-order valence-corrected chi connectivity index (χ3v) is 3.69. The second-order valence-corrected chi connectivity index (χ2v) is 5.50. The Labute approximate surface area is 122 Å². The summed E-state index contributed by atoms with van der Waals surface area (Å²) in [4.78, 5) is 16.1. The fraction of sp³-hybridized carbons (Fsp3) is 0.200. The van der Waals surface area contributed by atoms with E-state index in [-0.39, 0.29) is 5.91 Å². The number of pyridine rings is 1. The fourth-order valence-corrected chi connectivity index (χ4v) is 2.53. The maximum absolute atomic E-state index is 11.9. The molecule has 1 aromatic carbocycles. The van der Waals surface area contributed by atoms with Gasteiger partial charge in [-0.25, -0.2) is 4.98 Å². The fourth-order valence-electron chi connectivity index (χ4n) is 1.72. The van der Waals surface area contributed by atoms with Gasteiger partial charge < -0.3 is 11.1 Å².